The van der Waals surface area contributed by atoms with Gasteiger partial charge in [0, 0.05) is 43.8 Å². The second kappa shape index (κ2) is 5.71. The van der Waals surface area contributed by atoms with Crippen LogP contribution in [0.1, 0.15) is 20.3 Å². The molecule has 1 aromatic carbocycles. The van der Waals surface area contributed by atoms with Crippen molar-refractivity contribution in [3.05, 3.63) is 24.3 Å². The van der Waals surface area contributed by atoms with Crippen LogP contribution in [0, 0.1) is 0 Å². The van der Waals surface area contributed by atoms with Gasteiger partial charge >= 0.3 is 0 Å². The van der Waals surface area contributed by atoms with Gasteiger partial charge in [-0.15, -0.1) is 0 Å². The first-order valence-electron chi connectivity index (χ1n) is 6.96. The van der Waals surface area contributed by atoms with Crippen LogP contribution in [-0.2, 0) is 4.79 Å². The number of hydrogen-bond acceptors (Lipinski definition) is 4. The molecule has 0 radical (unpaired) electrons. The van der Waals surface area contributed by atoms with Crippen LogP contribution < -0.4 is 10.6 Å². The van der Waals surface area contributed by atoms with Crippen LogP contribution in [0.4, 0.5) is 5.69 Å². The maximum absolute atomic E-state index is 12.1. The van der Waals surface area contributed by atoms with Crippen molar-refractivity contribution in [2.75, 3.05) is 31.1 Å². The van der Waals surface area contributed by atoms with Crippen LogP contribution in [0.25, 0.3) is 0 Å². The van der Waals surface area contributed by atoms with Gasteiger partial charge < -0.3 is 20.6 Å². The van der Waals surface area contributed by atoms with Crippen molar-refractivity contribution in [1.29, 1.82) is 0 Å². The lowest BCUT2D eigenvalue weighted by atomic mass is 10.0. The van der Waals surface area contributed by atoms with Gasteiger partial charge in [0.15, 0.2) is 0 Å². The number of hydrogen-bond donors (Lipinski definition) is 2. The standard InChI is InChI=1S/C15H23N3O2/c1-15(2,16)11-14(20)18-9-7-17(8-10-18)12-3-5-13(19)6-4-12/h3-6,19H,7-11,16H2,1-2H3. The van der Waals surface area contributed by atoms with Crippen LogP contribution >= 0.6 is 0 Å². The highest BCUT2D eigenvalue weighted by Crippen LogP contribution is 2.20. The number of aromatic hydroxyl groups is 1. The Morgan fingerprint density at radius 1 is 1.20 bits per heavy atom. The third kappa shape index (κ3) is 3.87. The van der Waals surface area contributed by atoms with Gasteiger partial charge in [-0.2, -0.15) is 0 Å². The molecule has 20 heavy (non-hydrogen) atoms. The molecule has 5 nitrogen and oxygen atoms in total. The molecule has 1 aromatic rings. The summed E-state index contributed by atoms with van der Waals surface area (Å²) in [5, 5.41) is 9.29. The minimum absolute atomic E-state index is 0.128. The average molecular weight is 277 g/mol. The van der Waals surface area contributed by atoms with Crippen LogP contribution in [-0.4, -0.2) is 47.6 Å². The Bertz CT molecular complexity index is 457. The molecule has 1 saturated heterocycles. The molecule has 0 saturated carbocycles. The maximum Gasteiger partial charge on any atom is 0.224 e. The minimum Gasteiger partial charge on any atom is -0.508 e. The Kier molecular flexibility index (Phi) is 4.18. The molecule has 5 heteroatoms. The van der Waals surface area contributed by atoms with Crippen molar-refractivity contribution in [3.63, 3.8) is 0 Å². The van der Waals surface area contributed by atoms with E-state index in [1.54, 1.807) is 12.1 Å². The van der Waals surface area contributed by atoms with Crippen molar-refractivity contribution in [1.82, 2.24) is 4.90 Å². The van der Waals surface area contributed by atoms with Crippen LogP contribution in [0.2, 0.25) is 0 Å². The van der Waals surface area contributed by atoms with E-state index in [1.807, 2.05) is 30.9 Å². The summed E-state index contributed by atoms with van der Waals surface area (Å²) in [5.41, 5.74) is 6.52. The molecule has 2 rings (SSSR count). The van der Waals surface area contributed by atoms with Crippen molar-refractivity contribution >= 4 is 11.6 Å². The number of carbonyl (C=O) groups excluding carboxylic acids is 1. The lowest BCUT2D eigenvalue weighted by molar-refractivity contribution is -0.132. The second-order valence-electron chi connectivity index (χ2n) is 6.05. The summed E-state index contributed by atoms with van der Waals surface area (Å²) in [4.78, 5) is 16.2. The average Bonchev–Trinajstić information content (AvgIpc) is 2.38. The van der Waals surface area contributed by atoms with E-state index >= 15 is 0 Å². The summed E-state index contributed by atoms with van der Waals surface area (Å²) in [5.74, 6) is 0.399. The minimum atomic E-state index is -0.453. The smallest absolute Gasteiger partial charge is 0.224 e. The highest BCUT2D eigenvalue weighted by atomic mass is 16.3. The summed E-state index contributed by atoms with van der Waals surface area (Å²) in [6, 6.07) is 7.17. The van der Waals surface area contributed by atoms with Crippen LogP contribution in [0.5, 0.6) is 5.75 Å². The summed E-state index contributed by atoms with van der Waals surface area (Å²) in [6.45, 7) is 6.80. The molecule has 110 valence electrons. The van der Waals surface area contributed by atoms with E-state index < -0.39 is 5.54 Å². The molecule has 1 aliphatic heterocycles. The van der Waals surface area contributed by atoms with E-state index in [2.05, 4.69) is 4.90 Å². The first-order valence-corrected chi connectivity index (χ1v) is 6.96. The van der Waals surface area contributed by atoms with E-state index in [4.69, 9.17) is 5.73 Å². The third-order valence-corrected chi connectivity index (χ3v) is 3.45. The van der Waals surface area contributed by atoms with Gasteiger partial charge in [-0.1, -0.05) is 0 Å². The van der Waals surface area contributed by atoms with E-state index in [-0.39, 0.29) is 11.7 Å². The number of nitrogens with two attached hydrogens (primary N) is 1. The Morgan fingerprint density at radius 2 is 1.75 bits per heavy atom. The Hall–Kier alpha value is -1.75. The van der Waals surface area contributed by atoms with E-state index in [0.717, 1.165) is 31.9 Å². The van der Waals surface area contributed by atoms with Gasteiger partial charge in [0.25, 0.3) is 0 Å². The topological polar surface area (TPSA) is 69.8 Å². The quantitative estimate of drug-likeness (QED) is 0.870. The van der Waals surface area contributed by atoms with Crippen molar-refractivity contribution in [3.8, 4) is 5.75 Å². The molecular formula is C15H23N3O2. The van der Waals surface area contributed by atoms with E-state index in [0.29, 0.717) is 6.42 Å². The normalized spacial score (nSPS) is 16.4. The molecule has 1 amide bonds. The van der Waals surface area contributed by atoms with E-state index in [9.17, 15) is 9.90 Å². The largest absolute Gasteiger partial charge is 0.508 e. The first kappa shape index (κ1) is 14.7. The Labute approximate surface area is 120 Å². The highest BCUT2D eigenvalue weighted by Gasteiger charge is 2.25. The number of anilines is 1. The Balaban J connectivity index is 1.89. The number of piperazine rings is 1. The van der Waals surface area contributed by atoms with Crippen molar-refractivity contribution < 1.29 is 9.90 Å². The first-order chi connectivity index (χ1) is 9.35. The van der Waals surface area contributed by atoms with Crippen LogP contribution in [0.3, 0.4) is 0 Å². The van der Waals surface area contributed by atoms with Gasteiger partial charge in [0.05, 0.1) is 0 Å². The highest BCUT2D eigenvalue weighted by molar-refractivity contribution is 5.77. The zero-order chi connectivity index (χ0) is 14.8. The molecular weight excluding hydrogens is 254 g/mol. The molecule has 1 fully saturated rings. The monoisotopic (exact) mass is 277 g/mol. The number of phenols is 1. The van der Waals surface area contributed by atoms with Gasteiger partial charge in [-0.25, -0.2) is 0 Å². The second-order valence-corrected chi connectivity index (χ2v) is 6.05. The van der Waals surface area contributed by atoms with Gasteiger partial charge in [-0.3, -0.25) is 4.79 Å². The number of carbonyl (C=O) groups is 1. The number of phenolic OH excluding ortho intramolecular Hbond substituents is 1. The molecule has 3 N–H and O–H groups in total. The van der Waals surface area contributed by atoms with Gasteiger partial charge in [-0.05, 0) is 38.1 Å². The van der Waals surface area contributed by atoms with Crippen molar-refractivity contribution in [2.24, 2.45) is 5.73 Å². The fourth-order valence-electron chi connectivity index (χ4n) is 2.38. The predicted octanol–water partition coefficient (Wildman–Crippen LogP) is 1.17. The summed E-state index contributed by atoms with van der Waals surface area (Å²) >= 11 is 0. The molecule has 0 bridgehead atoms. The summed E-state index contributed by atoms with van der Waals surface area (Å²) in [6.07, 6.45) is 0.381. The molecule has 0 aromatic heterocycles. The molecule has 0 unspecified atom stereocenters. The summed E-state index contributed by atoms with van der Waals surface area (Å²) in [7, 11) is 0. The summed E-state index contributed by atoms with van der Waals surface area (Å²) < 4.78 is 0. The molecule has 1 aliphatic rings. The number of amides is 1. The molecule has 1 heterocycles. The van der Waals surface area contributed by atoms with Crippen LogP contribution in [0.15, 0.2) is 24.3 Å². The number of nitrogens with zero attached hydrogens (tertiary/aromatic N) is 2. The fraction of sp³-hybridized carbons (Fsp3) is 0.533. The Morgan fingerprint density at radius 3 is 2.25 bits per heavy atom. The SMILES string of the molecule is CC(C)(N)CC(=O)N1CCN(c2ccc(O)cc2)CC1. The zero-order valence-electron chi connectivity index (χ0n) is 12.2. The number of rotatable bonds is 3. The maximum atomic E-state index is 12.1. The third-order valence-electron chi connectivity index (χ3n) is 3.45. The predicted molar refractivity (Wildman–Crippen MR) is 79.8 cm³/mol. The van der Waals surface area contributed by atoms with Crippen molar-refractivity contribution in [2.45, 2.75) is 25.8 Å². The lowest BCUT2D eigenvalue weighted by Gasteiger charge is -2.37. The lowest BCUT2D eigenvalue weighted by Crippen LogP contribution is -2.50. The molecule has 0 atom stereocenters. The fourth-order valence-corrected chi connectivity index (χ4v) is 2.38. The van der Waals surface area contributed by atoms with Gasteiger partial charge in [0.1, 0.15) is 5.75 Å². The number of benzene rings is 1. The van der Waals surface area contributed by atoms with E-state index in [1.165, 1.54) is 0 Å². The van der Waals surface area contributed by atoms with Gasteiger partial charge in [0.2, 0.25) is 5.91 Å². The molecule has 0 spiro atoms. The zero-order valence-corrected chi connectivity index (χ0v) is 12.2. The molecule has 0 aliphatic carbocycles.